The molecule has 25 heavy (non-hydrogen) atoms. The maximum atomic E-state index is 12.6. The van der Waals surface area contributed by atoms with E-state index in [1.807, 2.05) is 39.8 Å². The number of hydrogen-bond donors (Lipinski definition) is 1. The molecule has 1 N–H and O–H groups in total. The fourth-order valence-corrected chi connectivity index (χ4v) is 3.12. The molecule has 2 rings (SSSR count). The highest BCUT2D eigenvalue weighted by atomic mass is 35.5. The third-order valence-electron chi connectivity index (χ3n) is 4.09. The zero-order chi connectivity index (χ0) is 18.6. The molecular formula is C20H23ClN2O2. The molecule has 0 aliphatic rings. The van der Waals surface area contributed by atoms with E-state index >= 15 is 0 Å². The Morgan fingerprint density at radius 2 is 1.68 bits per heavy atom. The number of hydrogen-bond acceptors (Lipinski definition) is 2. The van der Waals surface area contributed by atoms with Crippen molar-refractivity contribution in [1.82, 2.24) is 4.90 Å². The Morgan fingerprint density at radius 3 is 2.28 bits per heavy atom. The van der Waals surface area contributed by atoms with Crippen LogP contribution in [0.2, 0.25) is 5.02 Å². The van der Waals surface area contributed by atoms with E-state index in [4.69, 9.17) is 11.6 Å². The van der Waals surface area contributed by atoms with Gasteiger partial charge in [0.05, 0.1) is 10.7 Å². The minimum Gasteiger partial charge on any atom is -0.339 e. The first-order chi connectivity index (χ1) is 11.9. The molecule has 2 amide bonds. The predicted molar refractivity (Wildman–Crippen MR) is 103 cm³/mol. The van der Waals surface area contributed by atoms with Gasteiger partial charge in [-0.1, -0.05) is 23.7 Å². The lowest BCUT2D eigenvalue weighted by Gasteiger charge is -2.19. The molecule has 0 spiro atoms. The fourth-order valence-electron chi connectivity index (χ4n) is 2.75. The Morgan fingerprint density at radius 1 is 1.04 bits per heavy atom. The summed E-state index contributed by atoms with van der Waals surface area (Å²) in [7, 11) is 0. The van der Waals surface area contributed by atoms with Crippen LogP contribution >= 0.6 is 11.6 Å². The van der Waals surface area contributed by atoms with Crippen molar-refractivity contribution in [3.63, 3.8) is 0 Å². The molecular weight excluding hydrogens is 336 g/mol. The summed E-state index contributed by atoms with van der Waals surface area (Å²) in [4.78, 5) is 26.8. The van der Waals surface area contributed by atoms with Crippen LogP contribution in [0.25, 0.3) is 0 Å². The monoisotopic (exact) mass is 358 g/mol. The standard InChI is InChI=1S/C20H23ClN2O2/c1-5-23(6-2)20(25)16-9-7-8-15(12-16)19(24)22-18-14(4)10-13(3)11-17(18)21/h7-12H,5-6H2,1-4H3,(H,22,24). The molecule has 2 aromatic rings. The molecule has 0 aromatic heterocycles. The first-order valence-electron chi connectivity index (χ1n) is 8.34. The van der Waals surface area contributed by atoms with Crippen LogP contribution in [0, 0.1) is 13.8 Å². The SMILES string of the molecule is CCN(CC)C(=O)c1cccc(C(=O)Nc2c(C)cc(C)cc2Cl)c1. The topological polar surface area (TPSA) is 49.4 Å². The molecule has 0 atom stereocenters. The lowest BCUT2D eigenvalue weighted by molar-refractivity contribution is 0.0773. The summed E-state index contributed by atoms with van der Waals surface area (Å²) < 4.78 is 0. The number of halogens is 1. The normalized spacial score (nSPS) is 10.4. The Balaban J connectivity index is 2.26. The average Bonchev–Trinajstić information content (AvgIpc) is 2.59. The van der Waals surface area contributed by atoms with Crippen LogP contribution in [0.5, 0.6) is 0 Å². The summed E-state index contributed by atoms with van der Waals surface area (Å²) in [5.41, 5.74) is 3.45. The molecule has 2 aromatic carbocycles. The van der Waals surface area contributed by atoms with Gasteiger partial charge < -0.3 is 10.2 Å². The summed E-state index contributed by atoms with van der Waals surface area (Å²) in [6.45, 7) is 8.97. The van der Waals surface area contributed by atoms with Gasteiger partial charge in [-0.3, -0.25) is 9.59 Å². The fraction of sp³-hybridized carbons (Fsp3) is 0.300. The van der Waals surface area contributed by atoms with Crippen LogP contribution < -0.4 is 5.32 Å². The number of rotatable bonds is 5. The number of nitrogens with one attached hydrogen (secondary N) is 1. The molecule has 0 aliphatic heterocycles. The van der Waals surface area contributed by atoms with Gasteiger partial charge in [-0.2, -0.15) is 0 Å². The van der Waals surface area contributed by atoms with Crippen LogP contribution in [0.15, 0.2) is 36.4 Å². The van der Waals surface area contributed by atoms with E-state index < -0.39 is 0 Å². The van der Waals surface area contributed by atoms with Gasteiger partial charge >= 0.3 is 0 Å². The van der Waals surface area contributed by atoms with Gasteiger partial charge in [0.2, 0.25) is 0 Å². The molecule has 0 bridgehead atoms. The van der Waals surface area contributed by atoms with E-state index in [0.717, 1.165) is 11.1 Å². The Kier molecular flexibility index (Phi) is 6.21. The summed E-state index contributed by atoms with van der Waals surface area (Å²) in [5.74, 6) is -0.368. The maximum Gasteiger partial charge on any atom is 0.255 e. The highest BCUT2D eigenvalue weighted by Crippen LogP contribution is 2.27. The number of carbonyl (C=O) groups excluding carboxylic acids is 2. The quantitative estimate of drug-likeness (QED) is 0.842. The zero-order valence-corrected chi connectivity index (χ0v) is 15.8. The van der Waals surface area contributed by atoms with E-state index in [-0.39, 0.29) is 11.8 Å². The molecule has 0 heterocycles. The van der Waals surface area contributed by atoms with Gasteiger partial charge in [0.15, 0.2) is 0 Å². The molecule has 0 radical (unpaired) electrons. The second-order valence-corrected chi connectivity index (χ2v) is 6.36. The molecule has 0 aliphatic carbocycles. The molecule has 0 fully saturated rings. The van der Waals surface area contributed by atoms with Gasteiger partial charge in [0.25, 0.3) is 11.8 Å². The highest BCUT2D eigenvalue weighted by molar-refractivity contribution is 6.34. The Labute approximate surface area is 153 Å². The summed E-state index contributed by atoms with van der Waals surface area (Å²) >= 11 is 6.25. The third-order valence-corrected chi connectivity index (χ3v) is 4.39. The van der Waals surface area contributed by atoms with Crippen molar-refractivity contribution < 1.29 is 9.59 Å². The first kappa shape index (κ1) is 19.0. The number of amides is 2. The second-order valence-electron chi connectivity index (χ2n) is 5.95. The molecule has 0 saturated carbocycles. The van der Waals surface area contributed by atoms with Crippen molar-refractivity contribution >= 4 is 29.1 Å². The average molecular weight is 359 g/mol. The van der Waals surface area contributed by atoms with Crippen LogP contribution in [0.3, 0.4) is 0 Å². The van der Waals surface area contributed by atoms with Crippen molar-refractivity contribution in [2.75, 3.05) is 18.4 Å². The summed E-state index contributed by atoms with van der Waals surface area (Å²) in [6.07, 6.45) is 0. The van der Waals surface area contributed by atoms with Crippen LogP contribution in [-0.4, -0.2) is 29.8 Å². The van der Waals surface area contributed by atoms with Crippen LogP contribution in [0.1, 0.15) is 45.7 Å². The van der Waals surface area contributed by atoms with E-state index in [9.17, 15) is 9.59 Å². The second kappa shape index (κ2) is 8.17. The summed E-state index contributed by atoms with van der Waals surface area (Å²) in [5, 5.41) is 3.35. The third kappa shape index (κ3) is 4.40. The number of carbonyl (C=O) groups is 2. The Bertz CT molecular complexity index is 775. The van der Waals surface area contributed by atoms with Gasteiger partial charge in [0.1, 0.15) is 0 Å². The van der Waals surface area contributed by atoms with Gasteiger partial charge in [-0.25, -0.2) is 0 Å². The first-order valence-corrected chi connectivity index (χ1v) is 8.72. The largest absolute Gasteiger partial charge is 0.339 e. The van der Waals surface area contributed by atoms with Crippen molar-refractivity contribution in [3.8, 4) is 0 Å². The number of anilines is 1. The molecule has 4 nitrogen and oxygen atoms in total. The molecule has 5 heteroatoms. The molecule has 0 unspecified atom stereocenters. The van der Waals surface area contributed by atoms with Crippen molar-refractivity contribution in [2.24, 2.45) is 0 Å². The molecule has 132 valence electrons. The van der Waals surface area contributed by atoms with Gasteiger partial charge in [-0.05, 0) is 63.1 Å². The van der Waals surface area contributed by atoms with E-state index in [0.29, 0.717) is 34.9 Å². The van der Waals surface area contributed by atoms with E-state index in [1.54, 1.807) is 29.2 Å². The van der Waals surface area contributed by atoms with Gasteiger partial charge in [0, 0.05) is 24.2 Å². The number of nitrogens with zero attached hydrogens (tertiary/aromatic N) is 1. The molecule has 0 saturated heterocycles. The number of aryl methyl sites for hydroxylation is 2. The minimum absolute atomic E-state index is 0.0794. The lowest BCUT2D eigenvalue weighted by Crippen LogP contribution is -2.30. The minimum atomic E-state index is -0.289. The maximum absolute atomic E-state index is 12.6. The van der Waals surface area contributed by atoms with Crippen molar-refractivity contribution in [3.05, 3.63) is 63.7 Å². The van der Waals surface area contributed by atoms with Crippen LogP contribution in [-0.2, 0) is 0 Å². The summed E-state index contributed by atoms with van der Waals surface area (Å²) in [6, 6.07) is 10.5. The highest BCUT2D eigenvalue weighted by Gasteiger charge is 2.16. The Hall–Kier alpha value is -2.33. The van der Waals surface area contributed by atoms with Crippen molar-refractivity contribution in [2.45, 2.75) is 27.7 Å². The number of benzene rings is 2. The smallest absolute Gasteiger partial charge is 0.255 e. The van der Waals surface area contributed by atoms with Gasteiger partial charge in [-0.15, -0.1) is 0 Å². The van der Waals surface area contributed by atoms with Crippen LogP contribution in [0.4, 0.5) is 5.69 Å². The van der Waals surface area contributed by atoms with E-state index in [2.05, 4.69) is 5.32 Å². The predicted octanol–water partition coefficient (Wildman–Crippen LogP) is 4.69. The zero-order valence-electron chi connectivity index (χ0n) is 15.0. The lowest BCUT2D eigenvalue weighted by atomic mass is 10.1. The van der Waals surface area contributed by atoms with E-state index in [1.165, 1.54) is 0 Å². The van der Waals surface area contributed by atoms with Crippen molar-refractivity contribution in [1.29, 1.82) is 0 Å².